The lowest BCUT2D eigenvalue weighted by Crippen LogP contribution is -1.90. The highest BCUT2D eigenvalue weighted by Crippen LogP contribution is 2.24. The lowest BCUT2D eigenvalue weighted by Gasteiger charge is -2.08. The van der Waals surface area contributed by atoms with Gasteiger partial charge in [-0.15, -0.1) is 0 Å². The van der Waals surface area contributed by atoms with E-state index in [0.717, 1.165) is 17.5 Å². The second-order valence-electron chi connectivity index (χ2n) is 6.16. The molecule has 1 N–H and O–H groups in total. The van der Waals surface area contributed by atoms with Crippen molar-refractivity contribution < 1.29 is 5.11 Å². The first-order chi connectivity index (χ1) is 9.65. The van der Waals surface area contributed by atoms with Crippen molar-refractivity contribution in [1.82, 2.24) is 0 Å². The number of hydrogen-bond donors (Lipinski definition) is 1. The first-order valence-corrected chi connectivity index (χ1v) is 8.44. The molecule has 1 aromatic carbocycles. The van der Waals surface area contributed by atoms with Crippen LogP contribution in [0.4, 0.5) is 0 Å². The number of rotatable bonds is 10. The first-order valence-electron chi connectivity index (χ1n) is 8.44. The molecule has 1 nitrogen and oxygen atoms in total. The SMILES string of the molecule is CCCCCCCCCCCc1cc(C)c(O)c(C)c1. The third-order valence-corrected chi connectivity index (χ3v) is 4.12. The molecule has 0 heterocycles. The van der Waals surface area contributed by atoms with Crippen LogP contribution in [0.3, 0.4) is 0 Å². The van der Waals surface area contributed by atoms with E-state index in [9.17, 15) is 5.11 Å². The number of phenolic OH excluding ortho intramolecular Hbond substituents is 1. The quantitative estimate of drug-likeness (QED) is 0.513. The van der Waals surface area contributed by atoms with Crippen molar-refractivity contribution in [2.75, 3.05) is 0 Å². The summed E-state index contributed by atoms with van der Waals surface area (Å²) in [5, 5.41) is 9.76. The van der Waals surface area contributed by atoms with Crippen molar-refractivity contribution >= 4 is 0 Å². The molecule has 0 bridgehead atoms. The van der Waals surface area contributed by atoms with Gasteiger partial charge < -0.3 is 5.11 Å². The molecule has 0 fully saturated rings. The van der Waals surface area contributed by atoms with Crippen LogP contribution in [0.25, 0.3) is 0 Å². The molecular formula is C19H32O. The van der Waals surface area contributed by atoms with Crippen LogP contribution in [0.5, 0.6) is 5.75 Å². The van der Waals surface area contributed by atoms with E-state index in [2.05, 4.69) is 19.1 Å². The van der Waals surface area contributed by atoms with E-state index in [1.807, 2.05) is 13.8 Å². The summed E-state index contributed by atoms with van der Waals surface area (Å²) in [6.07, 6.45) is 13.5. The molecule has 20 heavy (non-hydrogen) atoms. The van der Waals surface area contributed by atoms with E-state index in [1.54, 1.807) is 0 Å². The van der Waals surface area contributed by atoms with Crippen LogP contribution in [0.15, 0.2) is 12.1 Å². The summed E-state index contributed by atoms with van der Waals surface area (Å²) < 4.78 is 0. The molecule has 0 saturated carbocycles. The molecule has 1 rings (SSSR count). The molecule has 114 valence electrons. The zero-order chi connectivity index (χ0) is 14.8. The van der Waals surface area contributed by atoms with Crippen molar-refractivity contribution in [2.24, 2.45) is 0 Å². The van der Waals surface area contributed by atoms with Gasteiger partial charge in [0.15, 0.2) is 0 Å². The lowest BCUT2D eigenvalue weighted by atomic mass is 10.00. The molecule has 0 unspecified atom stereocenters. The van der Waals surface area contributed by atoms with E-state index < -0.39 is 0 Å². The van der Waals surface area contributed by atoms with Crippen molar-refractivity contribution in [3.63, 3.8) is 0 Å². The van der Waals surface area contributed by atoms with Gasteiger partial charge in [0.2, 0.25) is 0 Å². The summed E-state index contributed by atoms with van der Waals surface area (Å²) in [5.41, 5.74) is 3.40. The van der Waals surface area contributed by atoms with E-state index in [-0.39, 0.29) is 0 Å². The summed E-state index contributed by atoms with van der Waals surface area (Å²) in [7, 11) is 0. The highest BCUT2D eigenvalue weighted by molar-refractivity contribution is 5.42. The zero-order valence-corrected chi connectivity index (χ0v) is 13.7. The van der Waals surface area contributed by atoms with Crippen molar-refractivity contribution in [2.45, 2.75) is 85.0 Å². The average Bonchev–Trinajstić information content (AvgIpc) is 2.43. The molecule has 0 spiro atoms. The predicted molar refractivity (Wildman–Crippen MR) is 88.5 cm³/mol. The third-order valence-electron chi connectivity index (χ3n) is 4.12. The number of benzene rings is 1. The van der Waals surface area contributed by atoms with Crippen molar-refractivity contribution in [3.05, 3.63) is 28.8 Å². The molecule has 0 saturated heterocycles. The van der Waals surface area contributed by atoms with Crippen molar-refractivity contribution in [3.8, 4) is 5.75 Å². The fourth-order valence-corrected chi connectivity index (χ4v) is 2.83. The minimum absolute atomic E-state index is 0.459. The molecule has 0 radical (unpaired) electrons. The molecule has 0 amide bonds. The Morgan fingerprint density at radius 3 is 1.70 bits per heavy atom. The van der Waals surface area contributed by atoms with Gasteiger partial charge in [0.05, 0.1) is 0 Å². The van der Waals surface area contributed by atoms with E-state index in [4.69, 9.17) is 0 Å². The van der Waals surface area contributed by atoms with Gasteiger partial charge in [-0.3, -0.25) is 0 Å². The summed E-state index contributed by atoms with van der Waals surface area (Å²) in [5.74, 6) is 0.459. The largest absolute Gasteiger partial charge is 0.507 e. The Labute approximate surface area is 125 Å². The van der Waals surface area contributed by atoms with Crippen LogP contribution >= 0.6 is 0 Å². The topological polar surface area (TPSA) is 20.2 Å². The van der Waals surface area contributed by atoms with E-state index >= 15 is 0 Å². The molecule has 0 aliphatic rings. The van der Waals surface area contributed by atoms with Crippen LogP contribution in [0.2, 0.25) is 0 Å². The van der Waals surface area contributed by atoms with Gasteiger partial charge in [-0.05, 0) is 43.4 Å². The lowest BCUT2D eigenvalue weighted by molar-refractivity contribution is 0.466. The number of unbranched alkanes of at least 4 members (excludes halogenated alkanes) is 8. The molecule has 0 aliphatic carbocycles. The van der Waals surface area contributed by atoms with Gasteiger partial charge in [0.25, 0.3) is 0 Å². The number of phenols is 1. The van der Waals surface area contributed by atoms with Crippen LogP contribution in [-0.2, 0) is 6.42 Å². The smallest absolute Gasteiger partial charge is 0.121 e. The highest BCUT2D eigenvalue weighted by Gasteiger charge is 2.03. The van der Waals surface area contributed by atoms with Gasteiger partial charge in [-0.2, -0.15) is 0 Å². The standard InChI is InChI=1S/C19H32O/c1-4-5-6-7-8-9-10-11-12-13-18-14-16(2)19(20)17(3)15-18/h14-15,20H,4-13H2,1-3H3. The number of aryl methyl sites for hydroxylation is 3. The van der Waals surface area contributed by atoms with Gasteiger partial charge >= 0.3 is 0 Å². The molecule has 0 aromatic heterocycles. The Hall–Kier alpha value is -0.980. The molecule has 1 aromatic rings. The Kier molecular flexibility index (Phi) is 8.41. The second kappa shape index (κ2) is 9.85. The van der Waals surface area contributed by atoms with E-state index in [0.29, 0.717) is 5.75 Å². The molecular weight excluding hydrogens is 244 g/mol. The molecule has 0 aliphatic heterocycles. The van der Waals surface area contributed by atoms with Crippen LogP contribution < -0.4 is 0 Å². The van der Waals surface area contributed by atoms with Crippen LogP contribution in [0, 0.1) is 13.8 Å². The van der Waals surface area contributed by atoms with Gasteiger partial charge in [0, 0.05) is 0 Å². The number of aromatic hydroxyl groups is 1. The highest BCUT2D eigenvalue weighted by atomic mass is 16.3. The zero-order valence-electron chi connectivity index (χ0n) is 13.7. The Morgan fingerprint density at radius 1 is 0.750 bits per heavy atom. The van der Waals surface area contributed by atoms with Gasteiger partial charge in [0.1, 0.15) is 5.75 Å². The third kappa shape index (κ3) is 6.45. The minimum Gasteiger partial charge on any atom is -0.507 e. The summed E-state index contributed by atoms with van der Waals surface area (Å²) in [6.45, 7) is 6.25. The fourth-order valence-electron chi connectivity index (χ4n) is 2.83. The van der Waals surface area contributed by atoms with Crippen LogP contribution in [-0.4, -0.2) is 5.11 Å². The summed E-state index contributed by atoms with van der Waals surface area (Å²) in [4.78, 5) is 0. The van der Waals surface area contributed by atoms with Crippen LogP contribution in [0.1, 0.15) is 81.4 Å². The minimum atomic E-state index is 0.459. The van der Waals surface area contributed by atoms with Gasteiger partial charge in [-0.1, -0.05) is 70.4 Å². The Morgan fingerprint density at radius 2 is 1.20 bits per heavy atom. The summed E-state index contributed by atoms with van der Waals surface area (Å²) in [6, 6.07) is 4.26. The second-order valence-corrected chi connectivity index (χ2v) is 6.16. The van der Waals surface area contributed by atoms with Gasteiger partial charge in [-0.25, -0.2) is 0 Å². The average molecular weight is 276 g/mol. The Balaban J connectivity index is 2.10. The normalized spacial score (nSPS) is 10.9. The maximum Gasteiger partial charge on any atom is 0.121 e. The molecule has 0 atom stereocenters. The maximum atomic E-state index is 9.76. The summed E-state index contributed by atoms with van der Waals surface area (Å²) >= 11 is 0. The molecule has 1 heteroatoms. The van der Waals surface area contributed by atoms with Crippen molar-refractivity contribution in [1.29, 1.82) is 0 Å². The number of hydrogen-bond acceptors (Lipinski definition) is 1. The first kappa shape index (κ1) is 17.1. The fraction of sp³-hybridized carbons (Fsp3) is 0.684. The predicted octanol–water partition coefficient (Wildman–Crippen LogP) is 6.08. The monoisotopic (exact) mass is 276 g/mol. The Bertz CT molecular complexity index is 358. The van der Waals surface area contributed by atoms with E-state index in [1.165, 1.54) is 63.4 Å². The maximum absolute atomic E-state index is 9.76.